The SMILES string of the molecule is CC[C@H](C)[C@@H]1NC(=O)[C@H](C)N(C)C(=O)C[C@@H](C(=O)N2CCCCC2)N(C)C(=O)[C@H](C2CCCCC2)N(C)C(=O)C2(CCCC2)NC(=O)[C@@H]2CCCN2C(=O)[C@H](COc2ccc(Cl)cc2)NC(=O)CN(C)C(=O)[C@H](CC2CCCCC2)N(C)C(=O)CN(C)C(=O)CN(C)C1=O. The molecule has 3 saturated heterocycles. The molecule has 3 saturated carbocycles. The second kappa shape index (κ2) is 34.1. The number of rotatable bonds is 9. The molecule has 1 aromatic rings. The number of piperidine rings is 1. The Kier molecular flexibility index (Phi) is 26.9. The molecule has 94 heavy (non-hydrogen) atoms. The van der Waals surface area contributed by atoms with Crippen molar-refractivity contribution in [1.82, 2.24) is 60.0 Å². The van der Waals surface area contributed by atoms with Gasteiger partial charge in [0.1, 0.15) is 60.2 Å². The lowest BCUT2D eigenvalue weighted by Crippen LogP contribution is -2.65. The highest BCUT2D eigenvalue weighted by Gasteiger charge is 2.51. The first kappa shape index (κ1) is 74.3. The Morgan fingerprint density at radius 1 is 0.606 bits per heavy atom. The number of hydrogen-bond acceptors (Lipinski definition) is 13. The highest BCUT2D eigenvalue weighted by molar-refractivity contribution is 6.30. The average molecular weight is 1330 g/mol. The summed E-state index contributed by atoms with van der Waals surface area (Å²) in [5.74, 6) is -7.60. The van der Waals surface area contributed by atoms with Gasteiger partial charge in [0.05, 0.1) is 26.1 Å². The fourth-order valence-corrected chi connectivity index (χ4v) is 14.7. The molecule has 3 heterocycles. The van der Waals surface area contributed by atoms with Gasteiger partial charge in [-0.25, -0.2) is 0 Å². The summed E-state index contributed by atoms with van der Waals surface area (Å²) in [5, 5.41) is 9.17. The smallest absolute Gasteiger partial charge is 0.249 e. The van der Waals surface area contributed by atoms with Gasteiger partial charge < -0.3 is 64.8 Å². The van der Waals surface area contributed by atoms with Crippen molar-refractivity contribution >= 4 is 82.5 Å². The molecule has 1 aromatic carbocycles. The Balaban J connectivity index is 1.25. The first-order chi connectivity index (χ1) is 44.7. The molecule has 3 N–H and O–H groups in total. The van der Waals surface area contributed by atoms with Crippen LogP contribution in [0, 0.1) is 17.8 Å². The Bertz CT molecular complexity index is 2880. The van der Waals surface area contributed by atoms with Gasteiger partial charge in [-0.3, -0.25) is 57.5 Å². The number of nitrogens with zero attached hydrogens (tertiary/aromatic N) is 9. The number of fused-ring (bicyclic) bond motifs is 1. The minimum atomic E-state index is -1.50. The standard InChI is InChI=1S/C68H105ClN12O13/c1-11-44(2)58-65(91)75(6)41-56(84)73(4)42-57(85)77(8)52(38-46-24-15-12-16-25-46)63(89)74(5)40-54(82)70-50(43-94-49-31-29-48(69)30-32-49)62(88)81-37-23-28-51(81)61(87)72-68(33-19-20-34-68)67(93)79(10)59(47-26-17-13-18-27-47)66(92)78(9)53(64(90)80-35-21-14-22-36-80)39-55(83)76(7)45(3)60(86)71-58/h29-32,44-47,50-53,58-59H,11-28,33-43H2,1-10H3,(H,70,82)(H,71,86)(H,72,87)/t44-,45-,50-,51-,52-,53-,58-,59-/m0/s1. The molecular formula is C68H105ClN12O13. The van der Waals surface area contributed by atoms with Crippen molar-refractivity contribution in [2.75, 3.05) is 95.2 Å². The van der Waals surface area contributed by atoms with Gasteiger partial charge in [-0.1, -0.05) is 96.1 Å². The Morgan fingerprint density at radius 2 is 1.20 bits per heavy atom. The van der Waals surface area contributed by atoms with E-state index in [1.165, 1.54) is 78.6 Å². The molecular weight excluding hydrogens is 1230 g/mol. The van der Waals surface area contributed by atoms with Crippen LogP contribution < -0.4 is 20.7 Å². The molecule has 0 bridgehead atoms. The average Bonchev–Trinajstić information content (AvgIpc) is 1.15. The van der Waals surface area contributed by atoms with E-state index in [1.54, 1.807) is 43.1 Å². The lowest BCUT2D eigenvalue weighted by atomic mass is 9.81. The van der Waals surface area contributed by atoms with Gasteiger partial charge in [0, 0.05) is 74.0 Å². The van der Waals surface area contributed by atoms with Crippen molar-refractivity contribution in [3.8, 4) is 5.75 Å². The van der Waals surface area contributed by atoms with Crippen molar-refractivity contribution in [2.24, 2.45) is 17.8 Å². The van der Waals surface area contributed by atoms with Gasteiger partial charge in [0.15, 0.2) is 0 Å². The lowest BCUT2D eigenvalue weighted by Gasteiger charge is -2.43. The minimum Gasteiger partial charge on any atom is -0.491 e. The number of benzene rings is 1. The number of nitrogens with one attached hydrogen (secondary N) is 3. The van der Waals surface area contributed by atoms with Crippen LogP contribution in [-0.2, 0) is 57.5 Å². The van der Waals surface area contributed by atoms with E-state index >= 15 is 19.2 Å². The molecule has 6 aliphatic rings. The lowest BCUT2D eigenvalue weighted by molar-refractivity contribution is -0.157. The predicted octanol–water partition coefficient (Wildman–Crippen LogP) is 3.82. The van der Waals surface area contributed by atoms with Crippen LogP contribution in [-0.4, -0.2) is 258 Å². The number of likely N-dealkylation sites (tertiary alicyclic amines) is 1. The number of ether oxygens (including phenoxy) is 1. The van der Waals surface area contributed by atoms with Crippen LogP contribution in [0.4, 0.5) is 0 Å². The molecule has 3 aliphatic heterocycles. The molecule has 12 amide bonds. The normalized spacial score (nSPS) is 27.6. The van der Waals surface area contributed by atoms with Gasteiger partial charge in [-0.2, -0.15) is 0 Å². The fraction of sp³-hybridized carbons (Fsp3) is 0.735. The molecule has 8 atom stereocenters. The zero-order valence-corrected chi connectivity index (χ0v) is 58.1. The summed E-state index contributed by atoms with van der Waals surface area (Å²) < 4.78 is 6.10. The maximum Gasteiger partial charge on any atom is 0.249 e. The van der Waals surface area contributed by atoms with Gasteiger partial charge in [0.2, 0.25) is 70.9 Å². The molecule has 0 aromatic heterocycles. The molecule has 3 aliphatic carbocycles. The second-order valence-electron chi connectivity index (χ2n) is 27.6. The molecule has 1 spiro atoms. The maximum absolute atomic E-state index is 15.7. The Morgan fingerprint density at radius 3 is 1.83 bits per heavy atom. The molecule has 0 unspecified atom stereocenters. The zero-order chi connectivity index (χ0) is 68.7. The number of amides is 12. The van der Waals surface area contributed by atoms with Crippen LogP contribution in [0.15, 0.2) is 24.3 Å². The number of likely N-dealkylation sites (N-methyl/N-ethyl adjacent to an activating group) is 7. The van der Waals surface area contributed by atoms with Crippen LogP contribution in [0.25, 0.3) is 0 Å². The number of carbonyl (C=O) groups is 12. The molecule has 522 valence electrons. The number of halogens is 1. The van der Waals surface area contributed by atoms with E-state index in [1.807, 2.05) is 6.92 Å². The summed E-state index contributed by atoms with van der Waals surface area (Å²) in [6.45, 7) is 4.12. The summed E-state index contributed by atoms with van der Waals surface area (Å²) in [7, 11) is 10.2. The summed E-state index contributed by atoms with van der Waals surface area (Å²) in [6, 6.07) is -1.99. The quantitative estimate of drug-likeness (QED) is 0.318. The van der Waals surface area contributed by atoms with Gasteiger partial charge in [0.25, 0.3) is 0 Å². The van der Waals surface area contributed by atoms with Crippen LogP contribution >= 0.6 is 11.6 Å². The van der Waals surface area contributed by atoms with E-state index in [4.69, 9.17) is 16.3 Å². The zero-order valence-electron chi connectivity index (χ0n) is 57.3. The van der Waals surface area contributed by atoms with Crippen LogP contribution in [0.2, 0.25) is 5.02 Å². The van der Waals surface area contributed by atoms with Crippen LogP contribution in [0.1, 0.15) is 162 Å². The van der Waals surface area contributed by atoms with E-state index in [0.717, 1.165) is 67.6 Å². The minimum absolute atomic E-state index is 0.0742. The van der Waals surface area contributed by atoms with Crippen molar-refractivity contribution < 1.29 is 62.3 Å². The Hall–Kier alpha value is -7.05. The highest BCUT2D eigenvalue weighted by Crippen LogP contribution is 2.37. The number of carbonyl (C=O) groups excluding carboxylic acids is 12. The summed E-state index contributed by atoms with van der Waals surface area (Å²) in [6.07, 6.45) is 13.0. The first-order valence-corrected chi connectivity index (χ1v) is 34.7. The van der Waals surface area contributed by atoms with E-state index in [2.05, 4.69) is 16.0 Å². The maximum atomic E-state index is 15.7. The first-order valence-electron chi connectivity index (χ1n) is 34.4. The molecule has 6 fully saturated rings. The molecule has 26 heteroatoms. The van der Waals surface area contributed by atoms with Crippen molar-refractivity contribution in [3.05, 3.63) is 29.3 Å². The Labute approximate surface area is 560 Å². The number of hydrogen-bond donors (Lipinski definition) is 3. The van der Waals surface area contributed by atoms with E-state index in [9.17, 15) is 38.4 Å². The third-order valence-corrected chi connectivity index (χ3v) is 21.3. The monoisotopic (exact) mass is 1330 g/mol. The fourth-order valence-electron chi connectivity index (χ4n) is 14.6. The van der Waals surface area contributed by atoms with Crippen molar-refractivity contribution in [3.63, 3.8) is 0 Å². The van der Waals surface area contributed by atoms with E-state index in [0.29, 0.717) is 75.2 Å². The van der Waals surface area contributed by atoms with Gasteiger partial charge in [-0.15, -0.1) is 0 Å². The molecule has 25 nitrogen and oxygen atoms in total. The van der Waals surface area contributed by atoms with Crippen LogP contribution in [0.5, 0.6) is 5.75 Å². The van der Waals surface area contributed by atoms with Gasteiger partial charge in [-0.05, 0) is 113 Å². The second-order valence-corrected chi connectivity index (χ2v) is 28.1. The summed E-state index contributed by atoms with van der Waals surface area (Å²) >= 11 is 6.19. The molecule has 7 rings (SSSR count). The van der Waals surface area contributed by atoms with Crippen LogP contribution in [0.3, 0.4) is 0 Å². The largest absolute Gasteiger partial charge is 0.491 e. The summed E-state index contributed by atoms with van der Waals surface area (Å²) in [5.41, 5.74) is -1.50. The van der Waals surface area contributed by atoms with Gasteiger partial charge >= 0.3 is 0 Å². The molecule has 0 radical (unpaired) electrons. The van der Waals surface area contributed by atoms with Crippen molar-refractivity contribution in [2.45, 2.75) is 210 Å². The summed E-state index contributed by atoms with van der Waals surface area (Å²) in [4.78, 5) is 189. The van der Waals surface area contributed by atoms with Crippen molar-refractivity contribution in [1.29, 1.82) is 0 Å². The topological polar surface area (TPSA) is 279 Å². The highest BCUT2D eigenvalue weighted by atomic mass is 35.5. The third kappa shape index (κ3) is 18.5. The van der Waals surface area contributed by atoms with E-state index < -0.39 is 157 Å². The van der Waals surface area contributed by atoms with E-state index in [-0.39, 0.29) is 44.1 Å². The third-order valence-electron chi connectivity index (χ3n) is 21.0. The predicted molar refractivity (Wildman–Crippen MR) is 352 cm³/mol.